The van der Waals surface area contributed by atoms with Crippen molar-refractivity contribution in [3.63, 3.8) is 0 Å². The van der Waals surface area contributed by atoms with E-state index < -0.39 is 6.85 Å². The van der Waals surface area contributed by atoms with Crippen LogP contribution in [0.3, 0.4) is 0 Å². The van der Waals surface area contributed by atoms with Gasteiger partial charge in [0, 0.05) is 51.7 Å². The molecule has 0 spiro atoms. The van der Waals surface area contributed by atoms with Crippen molar-refractivity contribution in [1.29, 1.82) is 0 Å². The van der Waals surface area contributed by atoms with Crippen molar-refractivity contribution in [1.82, 2.24) is 9.97 Å². The summed E-state index contributed by atoms with van der Waals surface area (Å²) < 4.78 is 29.6. The molecule has 3 heterocycles. The molecule has 5 heteroatoms. The zero-order chi connectivity index (χ0) is 36.8. The van der Waals surface area contributed by atoms with Gasteiger partial charge in [-0.2, -0.15) is 0 Å². The van der Waals surface area contributed by atoms with E-state index in [1.807, 2.05) is 91.0 Å². The van der Waals surface area contributed by atoms with Gasteiger partial charge in [-0.1, -0.05) is 133 Å². The lowest BCUT2D eigenvalue weighted by Gasteiger charge is -2.44. The Bertz CT molecular complexity index is 3160. The molecule has 0 fully saturated rings. The third-order valence-electron chi connectivity index (χ3n) is 10.2. The maximum Gasteiger partial charge on any atom is 0.251 e. The molecule has 0 saturated carbocycles. The SMILES string of the molecule is [2H]C([2H])([2H])c1cc2ccccc2c2c1N(c1ccccc1)N(c1nc(-c3ccccc3)c3ccccc3n1)c1c-2c2ccccc2c2sc3ccccc3c12. The van der Waals surface area contributed by atoms with E-state index in [0.717, 1.165) is 81.7 Å². The maximum absolute atomic E-state index is 9.09. The highest BCUT2D eigenvalue weighted by Gasteiger charge is 2.39. The Morgan fingerprint density at radius 3 is 1.98 bits per heavy atom. The first kappa shape index (κ1) is 26.3. The standard InChI is InChI=1S/C47H30N4S/c1-29-28-31-18-8-9-21-33(31)40-41-34-22-10-11-23-35(34)46-42(37-25-13-15-27-39(37)52-46)45(41)51(50(44(29)40)32-19-6-3-7-20-32)47-48-38-26-14-12-24-36(38)43(49-47)30-16-4-2-5-17-30/h2-28H,1H3/i1D3. The van der Waals surface area contributed by atoms with Crippen LogP contribution in [0.2, 0.25) is 0 Å². The quantitative estimate of drug-likeness (QED) is 0.185. The molecule has 1 aliphatic rings. The highest BCUT2D eigenvalue weighted by Crippen LogP contribution is 2.59. The molecule has 244 valence electrons. The number of anilines is 4. The van der Waals surface area contributed by atoms with Crippen LogP contribution in [0.4, 0.5) is 23.0 Å². The maximum atomic E-state index is 9.09. The normalized spacial score (nSPS) is 13.7. The first-order chi connectivity index (χ1) is 27.0. The van der Waals surface area contributed by atoms with Crippen molar-refractivity contribution in [3.05, 3.63) is 169 Å². The van der Waals surface area contributed by atoms with Crippen LogP contribution in [0.15, 0.2) is 164 Å². The first-order valence-electron chi connectivity index (χ1n) is 18.9. The van der Waals surface area contributed by atoms with Gasteiger partial charge < -0.3 is 0 Å². The summed E-state index contributed by atoms with van der Waals surface area (Å²) in [7, 11) is 0. The number of aryl methyl sites for hydroxylation is 1. The molecule has 0 N–H and O–H groups in total. The van der Waals surface area contributed by atoms with E-state index in [0.29, 0.717) is 11.6 Å². The van der Waals surface area contributed by atoms with Crippen molar-refractivity contribution >= 4 is 87.0 Å². The van der Waals surface area contributed by atoms with Gasteiger partial charge in [0.2, 0.25) is 0 Å². The Hall–Kier alpha value is -6.56. The molecule has 10 aromatic rings. The summed E-state index contributed by atoms with van der Waals surface area (Å²) in [6, 6.07) is 55.4. The van der Waals surface area contributed by atoms with Gasteiger partial charge in [0.1, 0.15) is 0 Å². The molecule has 0 amide bonds. The third-order valence-corrected chi connectivity index (χ3v) is 11.4. The number of aromatic nitrogens is 2. The summed E-state index contributed by atoms with van der Waals surface area (Å²) in [4.78, 5) is 10.9. The zero-order valence-electron chi connectivity index (χ0n) is 30.8. The van der Waals surface area contributed by atoms with Gasteiger partial charge in [0.05, 0.1) is 28.3 Å². The summed E-state index contributed by atoms with van der Waals surface area (Å²) in [5.74, 6) is 0.435. The van der Waals surface area contributed by atoms with E-state index in [1.165, 1.54) is 4.70 Å². The number of hydrazine groups is 1. The Balaban J connectivity index is 1.42. The molecule has 0 saturated heterocycles. The molecule has 2 aromatic heterocycles. The number of benzene rings is 8. The van der Waals surface area contributed by atoms with Gasteiger partial charge >= 0.3 is 0 Å². The van der Waals surface area contributed by atoms with Gasteiger partial charge in [0.25, 0.3) is 5.95 Å². The summed E-state index contributed by atoms with van der Waals surface area (Å²) >= 11 is 1.78. The Labute approximate surface area is 308 Å². The van der Waals surface area contributed by atoms with Crippen LogP contribution in [0, 0.1) is 6.85 Å². The van der Waals surface area contributed by atoms with Crippen molar-refractivity contribution in [2.75, 3.05) is 10.0 Å². The number of thiophene rings is 1. The molecule has 11 rings (SSSR count). The predicted molar refractivity (Wildman–Crippen MR) is 220 cm³/mol. The van der Waals surface area contributed by atoms with Gasteiger partial charge in [-0.25, -0.2) is 20.0 Å². The summed E-state index contributed by atoms with van der Waals surface area (Å²) in [6.45, 7) is -2.46. The van der Waals surface area contributed by atoms with Crippen molar-refractivity contribution < 1.29 is 4.11 Å². The Kier molecular flexibility index (Phi) is 5.67. The van der Waals surface area contributed by atoms with Crippen LogP contribution in [0.5, 0.6) is 0 Å². The minimum atomic E-state index is -2.46. The second kappa shape index (κ2) is 11.2. The van der Waals surface area contributed by atoms with E-state index in [1.54, 1.807) is 11.3 Å². The van der Waals surface area contributed by atoms with Crippen LogP contribution in [-0.2, 0) is 0 Å². The molecule has 0 atom stereocenters. The van der Waals surface area contributed by atoms with Crippen LogP contribution in [0.1, 0.15) is 9.68 Å². The largest absolute Gasteiger partial charge is 0.251 e. The topological polar surface area (TPSA) is 32.3 Å². The molecule has 0 unspecified atom stereocenters. The fraction of sp³-hybridized carbons (Fsp3) is 0.0213. The fourth-order valence-electron chi connectivity index (χ4n) is 8.07. The van der Waals surface area contributed by atoms with E-state index in [-0.39, 0.29) is 5.56 Å². The Morgan fingerprint density at radius 1 is 0.538 bits per heavy atom. The van der Waals surface area contributed by atoms with Gasteiger partial charge in [0.15, 0.2) is 0 Å². The van der Waals surface area contributed by atoms with Gasteiger partial charge in [-0.05, 0) is 58.9 Å². The van der Waals surface area contributed by atoms with Crippen LogP contribution >= 0.6 is 11.3 Å². The second-order valence-electron chi connectivity index (χ2n) is 13.2. The average molecular weight is 686 g/mol. The van der Waals surface area contributed by atoms with E-state index >= 15 is 0 Å². The molecular formula is C47H30N4S. The fourth-order valence-corrected chi connectivity index (χ4v) is 9.32. The molecule has 0 radical (unpaired) electrons. The minimum absolute atomic E-state index is 0.254. The highest BCUT2D eigenvalue weighted by molar-refractivity contribution is 7.26. The van der Waals surface area contributed by atoms with Crippen LogP contribution in [-0.4, -0.2) is 9.97 Å². The third kappa shape index (κ3) is 4.14. The lowest BCUT2D eigenvalue weighted by molar-refractivity contribution is 0.928. The second-order valence-corrected chi connectivity index (χ2v) is 14.2. The summed E-state index contributed by atoms with van der Waals surface area (Å²) in [5, 5.41) is 11.3. The van der Waals surface area contributed by atoms with Crippen LogP contribution < -0.4 is 10.0 Å². The van der Waals surface area contributed by atoms with E-state index in [2.05, 4.69) is 82.8 Å². The van der Waals surface area contributed by atoms with Crippen molar-refractivity contribution in [3.8, 4) is 22.4 Å². The number of hydrogen-bond donors (Lipinski definition) is 0. The number of para-hydroxylation sites is 2. The monoisotopic (exact) mass is 685 g/mol. The minimum Gasteiger partial charge on any atom is -0.245 e. The predicted octanol–water partition coefficient (Wildman–Crippen LogP) is 13.2. The number of fused-ring (bicyclic) bond motifs is 13. The van der Waals surface area contributed by atoms with Crippen molar-refractivity contribution in [2.24, 2.45) is 0 Å². The first-order valence-corrected chi connectivity index (χ1v) is 18.2. The average Bonchev–Trinajstić information content (AvgIpc) is 3.62. The zero-order valence-corrected chi connectivity index (χ0v) is 28.6. The summed E-state index contributed by atoms with van der Waals surface area (Å²) in [6.07, 6.45) is 0. The molecular weight excluding hydrogens is 653 g/mol. The van der Waals surface area contributed by atoms with Gasteiger partial charge in [-0.15, -0.1) is 11.3 Å². The summed E-state index contributed by atoms with van der Waals surface area (Å²) in [5.41, 5.74) is 6.90. The Morgan fingerprint density at radius 2 is 1.17 bits per heavy atom. The molecule has 0 aliphatic carbocycles. The lowest BCUT2D eigenvalue weighted by atomic mass is 9.86. The lowest BCUT2D eigenvalue weighted by Crippen LogP contribution is -2.40. The van der Waals surface area contributed by atoms with E-state index in [9.17, 15) is 0 Å². The molecule has 52 heavy (non-hydrogen) atoms. The highest BCUT2D eigenvalue weighted by atomic mass is 32.1. The number of rotatable bonds is 3. The van der Waals surface area contributed by atoms with Crippen LogP contribution in [0.25, 0.3) is 75.0 Å². The van der Waals surface area contributed by atoms with Crippen molar-refractivity contribution in [2.45, 2.75) is 6.85 Å². The number of nitrogens with zero attached hydrogens (tertiary/aromatic N) is 4. The van der Waals surface area contributed by atoms with E-state index in [4.69, 9.17) is 14.1 Å². The molecule has 4 nitrogen and oxygen atoms in total. The van der Waals surface area contributed by atoms with Gasteiger partial charge in [-0.3, -0.25) is 0 Å². The molecule has 8 aromatic carbocycles. The molecule has 0 bridgehead atoms. The smallest absolute Gasteiger partial charge is 0.245 e. The molecule has 1 aliphatic heterocycles. The number of hydrogen-bond acceptors (Lipinski definition) is 5.